The van der Waals surface area contributed by atoms with Gasteiger partial charge in [-0.15, -0.1) is 0 Å². The molecule has 0 atom stereocenters. The molecular formula is C17H11N3O3. The summed E-state index contributed by atoms with van der Waals surface area (Å²) in [6.45, 7) is 0. The van der Waals surface area contributed by atoms with E-state index in [0.29, 0.717) is 22.4 Å². The number of carbonyl (C=O) groups is 3. The van der Waals surface area contributed by atoms with E-state index in [1.54, 1.807) is 24.3 Å². The molecule has 1 aliphatic heterocycles. The Labute approximate surface area is 131 Å². The van der Waals surface area contributed by atoms with Gasteiger partial charge in [-0.3, -0.25) is 19.3 Å². The predicted octanol–water partition coefficient (Wildman–Crippen LogP) is 2.04. The number of imide groups is 1. The SMILES string of the molecule is CN1C(=O)c2ccc(NC(=O)c3cccc(C#N)c3)cc2C1=O. The largest absolute Gasteiger partial charge is 0.322 e. The molecule has 1 heterocycles. The van der Waals surface area contributed by atoms with Crippen LogP contribution in [0.5, 0.6) is 0 Å². The van der Waals surface area contributed by atoms with Gasteiger partial charge in [-0.05, 0) is 36.4 Å². The molecule has 112 valence electrons. The number of hydrogen-bond acceptors (Lipinski definition) is 4. The van der Waals surface area contributed by atoms with Crippen LogP contribution in [0.3, 0.4) is 0 Å². The normalized spacial score (nSPS) is 12.8. The molecule has 0 aliphatic carbocycles. The monoisotopic (exact) mass is 305 g/mol. The van der Waals surface area contributed by atoms with Crippen molar-refractivity contribution in [2.24, 2.45) is 0 Å². The number of nitriles is 1. The van der Waals surface area contributed by atoms with Crippen LogP contribution in [0.25, 0.3) is 0 Å². The van der Waals surface area contributed by atoms with Crippen molar-refractivity contribution in [2.45, 2.75) is 0 Å². The van der Waals surface area contributed by atoms with Crippen LogP contribution in [-0.4, -0.2) is 29.7 Å². The van der Waals surface area contributed by atoms with Gasteiger partial charge in [0, 0.05) is 18.3 Å². The zero-order chi connectivity index (χ0) is 16.6. The van der Waals surface area contributed by atoms with Crippen molar-refractivity contribution < 1.29 is 14.4 Å². The lowest BCUT2D eigenvalue weighted by atomic mass is 10.1. The summed E-state index contributed by atoms with van der Waals surface area (Å²) < 4.78 is 0. The molecule has 1 N–H and O–H groups in total. The van der Waals surface area contributed by atoms with Gasteiger partial charge >= 0.3 is 0 Å². The molecule has 0 spiro atoms. The Balaban J connectivity index is 1.87. The third-order valence-electron chi connectivity index (χ3n) is 3.60. The van der Waals surface area contributed by atoms with Crippen molar-refractivity contribution in [3.05, 3.63) is 64.7 Å². The number of hydrogen-bond donors (Lipinski definition) is 1. The van der Waals surface area contributed by atoms with Gasteiger partial charge in [0.15, 0.2) is 0 Å². The smallest absolute Gasteiger partial charge is 0.261 e. The first-order valence-electron chi connectivity index (χ1n) is 6.79. The van der Waals surface area contributed by atoms with E-state index in [4.69, 9.17) is 5.26 Å². The van der Waals surface area contributed by atoms with Crippen molar-refractivity contribution >= 4 is 23.4 Å². The second kappa shape index (κ2) is 5.39. The quantitative estimate of drug-likeness (QED) is 0.860. The molecule has 0 fully saturated rings. The Hall–Kier alpha value is -3.46. The highest BCUT2D eigenvalue weighted by atomic mass is 16.2. The van der Waals surface area contributed by atoms with Crippen molar-refractivity contribution in [3.8, 4) is 6.07 Å². The molecule has 23 heavy (non-hydrogen) atoms. The molecule has 0 unspecified atom stereocenters. The third kappa shape index (κ3) is 2.45. The summed E-state index contributed by atoms with van der Waals surface area (Å²) in [6, 6.07) is 12.8. The van der Waals surface area contributed by atoms with Gasteiger partial charge in [-0.25, -0.2) is 0 Å². The number of carbonyl (C=O) groups excluding carboxylic acids is 3. The molecule has 6 heteroatoms. The van der Waals surface area contributed by atoms with E-state index >= 15 is 0 Å². The van der Waals surface area contributed by atoms with Gasteiger partial charge < -0.3 is 5.32 Å². The van der Waals surface area contributed by atoms with E-state index in [9.17, 15) is 14.4 Å². The van der Waals surface area contributed by atoms with E-state index < -0.39 is 11.8 Å². The number of nitrogens with zero attached hydrogens (tertiary/aromatic N) is 2. The average Bonchev–Trinajstić information content (AvgIpc) is 2.79. The summed E-state index contributed by atoms with van der Waals surface area (Å²) in [5.41, 5.74) is 1.72. The lowest BCUT2D eigenvalue weighted by Crippen LogP contribution is -2.24. The highest BCUT2D eigenvalue weighted by molar-refractivity contribution is 6.21. The Morgan fingerprint density at radius 1 is 1.09 bits per heavy atom. The molecule has 2 aromatic carbocycles. The zero-order valence-electron chi connectivity index (χ0n) is 12.2. The number of fused-ring (bicyclic) bond motifs is 1. The second-order valence-corrected chi connectivity index (χ2v) is 5.08. The fourth-order valence-electron chi connectivity index (χ4n) is 2.37. The first-order valence-corrected chi connectivity index (χ1v) is 6.79. The number of nitrogens with one attached hydrogen (secondary N) is 1. The second-order valence-electron chi connectivity index (χ2n) is 5.08. The van der Waals surface area contributed by atoms with Crippen molar-refractivity contribution in [3.63, 3.8) is 0 Å². The fourth-order valence-corrected chi connectivity index (χ4v) is 2.37. The maximum absolute atomic E-state index is 12.2. The minimum atomic E-state index is -0.396. The molecule has 0 aromatic heterocycles. The Morgan fingerprint density at radius 2 is 1.83 bits per heavy atom. The fraction of sp³-hybridized carbons (Fsp3) is 0.0588. The minimum absolute atomic E-state index is 0.265. The molecular weight excluding hydrogens is 294 g/mol. The van der Waals surface area contributed by atoms with Crippen LogP contribution < -0.4 is 5.32 Å². The Kier molecular flexibility index (Phi) is 3.39. The molecule has 0 saturated carbocycles. The molecule has 3 rings (SSSR count). The molecule has 2 aromatic rings. The lowest BCUT2D eigenvalue weighted by molar-refractivity contribution is 0.0692. The number of anilines is 1. The summed E-state index contributed by atoms with van der Waals surface area (Å²) in [5.74, 6) is -1.15. The van der Waals surface area contributed by atoms with Crippen molar-refractivity contribution in [2.75, 3.05) is 12.4 Å². The van der Waals surface area contributed by atoms with E-state index in [-0.39, 0.29) is 11.5 Å². The minimum Gasteiger partial charge on any atom is -0.322 e. The van der Waals surface area contributed by atoms with Gasteiger partial charge in [0.2, 0.25) is 0 Å². The maximum Gasteiger partial charge on any atom is 0.261 e. The zero-order valence-corrected chi connectivity index (χ0v) is 12.2. The lowest BCUT2D eigenvalue weighted by Gasteiger charge is -2.06. The highest BCUT2D eigenvalue weighted by Gasteiger charge is 2.32. The van der Waals surface area contributed by atoms with Crippen LogP contribution in [0.15, 0.2) is 42.5 Å². The summed E-state index contributed by atoms with van der Waals surface area (Å²) in [5, 5.41) is 11.5. The van der Waals surface area contributed by atoms with Crippen LogP contribution >= 0.6 is 0 Å². The third-order valence-corrected chi connectivity index (χ3v) is 3.60. The summed E-state index contributed by atoms with van der Waals surface area (Å²) in [7, 11) is 1.41. The predicted molar refractivity (Wildman–Crippen MR) is 82.0 cm³/mol. The highest BCUT2D eigenvalue weighted by Crippen LogP contribution is 2.25. The summed E-state index contributed by atoms with van der Waals surface area (Å²) >= 11 is 0. The Bertz CT molecular complexity index is 896. The first kappa shape index (κ1) is 14.5. The number of amides is 3. The van der Waals surface area contributed by atoms with Gasteiger partial charge in [0.1, 0.15) is 0 Å². The van der Waals surface area contributed by atoms with Crippen molar-refractivity contribution in [1.82, 2.24) is 4.90 Å². The molecule has 3 amide bonds. The van der Waals surface area contributed by atoms with Gasteiger partial charge in [-0.1, -0.05) is 6.07 Å². The number of benzene rings is 2. The van der Waals surface area contributed by atoms with E-state index in [0.717, 1.165) is 4.90 Å². The molecule has 6 nitrogen and oxygen atoms in total. The van der Waals surface area contributed by atoms with E-state index in [1.807, 2.05) is 6.07 Å². The Morgan fingerprint density at radius 3 is 2.57 bits per heavy atom. The first-order chi connectivity index (χ1) is 11.0. The van der Waals surface area contributed by atoms with Crippen LogP contribution in [0.4, 0.5) is 5.69 Å². The van der Waals surface area contributed by atoms with E-state index in [2.05, 4.69) is 5.32 Å². The topological polar surface area (TPSA) is 90.3 Å². The van der Waals surface area contributed by atoms with E-state index in [1.165, 1.54) is 25.2 Å². The van der Waals surface area contributed by atoms with Crippen LogP contribution in [0.2, 0.25) is 0 Å². The molecule has 0 radical (unpaired) electrons. The number of rotatable bonds is 2. The molecule has 0 saturated heterocycles. The van der Waals surface area contributed by atoms with Crippen LogP contribution in [-0.2, 0) is 0 Å². The van der Waals surface area contributed by atoms with Crippen molar-refractivity contribution in [1.29, 1.82) is 5.26 Å². The molecule has 0 bridgehead atoms. The van der Waals surface area contributed by atoms with Gasteiger partial charge in [0.25, 0.3) is 17.7 Å². The van der Waals surface area contributed by atoms with Crippen LogP contribution in [0.1, 0.15) is 36.6 Å². The average molecular weight is 305 g/mol. The molecule has 1 aliphatic rings. The standard InChI is InChI=1S/C17H11N3O3/c1-20-16(22)13-6-5-12(8-14(13)17(20)23)19-15(21)11-4-2-3-10(7-11)9-18/h2-8H,1H3,(H,19,21). The maximum atomic E-state index is 12.2. The summed E-state index contributed by atoms with van der Waals surface area (Å²) in [4.78, 5) is 37.0. The van der Waals surface area contributed by atoms with Gasteiger partial charge in [-0.2, -0.15) is 5.26 Å². The summed E-state index contributed by atoms with van der Waals surface area (Å²) in [6.07, 6.45) is 0. The van der Waals surface area contributed by atoms with Gasteiger partial charge in [0.05, 0.1) is 22.8 Å². The van der Waals surface area contributed by atoms with Crippen LogP contribution in [0, 0.1) is 11.3 Å².